The Morgan fingerprint density at radius 1 is 1.16 bits per heavy atom. The molecule has 25 heavy (non-hydrogen) atoms. The predicted octanol–water partition coefficient (Wildman–Crippen LogP) is 4.55. The first-order valence-corrected chi connectivity index (χ1v) is 9.07. The monoisotopic (exact) mass is 359 g/mol. The van der Waals surface area contributed by atoms with E-state index in [1.807, 2.05) is 6.07 Å². The summed E-state index contributed by atoms with van der Waals surface area (Å²) in [5, 5.41) is 3.36. The number of amides is 1. The van der Waals surface area contributed by atoms with Gasteiger partial charge in [-0.2, -0.15) is 0 Å². The number of anilines is 2. The number of hydrogen-bond acceptors (Lipinski definition) is 3. The Morgan fingerprint density at radius 3 is 2.60 bits per heavy atom. The molecule has 0 saturated heterocycles. The molecule has 0 aromatic heterocycles. The van der Waals surface area contributed by atoms with Crippen LogP contribution in [0, 0.1) is 0 Å². The van der Waals surface area contributed by atoms with Gasteiger partial charge in [-0.3, -0.25) is 9.69 Å². The van der Waals surface area contributed by atoms with Crippen molar-refractivity contribution in [1.82, 2.24) is 4.90 Å². The summed E-state index contributed by atoms with van der Waals surface area (Å²) in [6.45, 7) is 5.03. The summed E-state index contributed by atoms with van der Waals surface area (Å²) < 4.78 is 0. The van der Waals surface area contributed by atoms with Crippen LogP contribution in [0.1, 0.15) is 31.7 Å². The Hall–Kier alpha value is -2.04. The fourth-order valence-electron chi connectivity index (χ4n) is 2.74. The van der Waals surface area contributed by atoms with E-state index in [4.69, 9.17) is 17.3 Å². The maximum Gasteiger partial charge on any atom is 0.224 e. The molecule has 2 aromatic rings. The van der Waals surface area contributed by atoms with E-state index in [0.29, 0.717) is 22.8 Å². The van der Waals surface area contributed by atoms with Gasteiger partial charge in [-0.1, -0.05) is 48.9 Å². The number of nitrogen functional groups attached to an aromatic ring is 1. The molecule has 5 heteroatoms. The average Bonchev–Trinajstić information content (AvgIpc) is 2.59. The molecule has 0 bridgehead atoms. The third-order valence-corrected chi connectivity index (χ3v) is 4.29. The molecule has 0 aliphatic carbocycles. The van der Waals surface area contributed by atoms with E-state index in [1.54, 1.807) is 18.2 Å². The van der Waals surface area contributed by atoms with Crippen molar-refractivity contribution >= 4 is 28.9 Å². The van der Waals surface area contributed by atoms with E-state index in [9.17, 15) is 4.79 Å². The number of nitrogens with two attached hydrogens (primary N) is 1. The van der Waals surface area contributed by atoms with Crippen molar-refractivity contribution in [3.63, 3.8) is 0 Å². The van der Waals surface area contributed by atoms with Crippen molar-refractivity contribution in [2.75, 3.05) is 24.1 Å². The molecule has 0 aliphatic heterocycles. The van der Waals surface area contributed by atoms with E-state index in [1.165, 1.54) is 5.56 Å². The molecule has 3 N–H and O–H groups in total. The summed E-state index contributed by atoms with van der Waals surface area (Å²) in [6, 6.07) is 15.6. The highest BCUT2D eigenvalue weighted by atomic mass is 35.5. The number of nitrogens with one attached hydrogen (secondary N) is 1. The van der Waals surface area contributed by atoms with Gasteiger partial charge in [0.1, 0.15) is 0 Å². The van der Waals surface area contributed by atoms with Crippen LogP contribution < -0.4 is 11.1 Å². The van der Waals surface area contributed by atoms with Crippen LogP contribution in [0.25, 0.3) is 0 Å². The van der Waals surface area contributed by atoms with E-state index in [-0.39, 0.29) is 5.91 Å². The van der Waals surface area contributed by atoms with Crippen molar-refractivity contribution in [2.45, 2.75) is 32.7 Å². The van der Waals surface area contributed by atoms with Gasteiger partial charge in [0, 0.05) is 18.7 Å². The van der Waals surface area contributed by atoms with Crippen molar-refractivity contribution < 1.29 is 4.79 Å². The molecule has 134 valence electrons. The van der Waals surface area contributed by atoms with Crippen LogP contribution in [0.4, 0.5) is 11.4 Å². The maximum atomic E-state index is 12.1. The molecule has 0 unspecified atom stereocenters. The zero-order valence-electron chi connectivity index (χ0n) is 14.7. The summed E-state index contributed by atoms with van der Waals surface area (Å²) in [4.78, 5) is 14.5. The SMILES string of the molecule is CCCN(CCCC(=O)Nc1ccc(Cl)c(N)c1)Cc1ccccc1. The van der Waals surface area contributed by atoms with Crippen LogP contribution in [-0.2, 0) is 11.3 Å². The van der Waals surface area contributed by atoms with Crippen LogP contribution in [0.2, 0.25) is 5.02 Å². The van der Waals surface area contributed by atoms with Gasteiger partial charge in [0.05, 0.1) is 10.7 Å². The molecule has 0 atom stereocenters. The number of rotatable bonds is 9. The number of carbonyl (C=O) groups excluding carboxylic acids is 1. The molecule has 0 heterocycles. The van der Waals surface area contributed by atoms with Gasteiger partial charge in [-0.05, 0) is 49.7 Å². The van der Waals surface area contributed by atoms with Gasteiger partial charge in [0.2, 0.25) is 5.91 Å². The van der Waals surface area contributed by atoms with Crippen LogP contribution in [0.5, 0.6) is 0 Å². The lowest BCUT2D eigenvalue weighted by Gasteiger charge is -2.21. The lowest BCUT2D eigenvalue weighted by molar-refractivity contribution is -0.116. The minimum Gasteiger partial charge on any atom is -0.397 e. The zero-order chi connectivity index (χ0) is 18.1. The van der Waals surface area contributed by atoms with Gasteiger partial charge >= 0.3 is 0 Å². The molecular weight excluding hydrogens is 334 g/mol. The second kappa shape index (κ2) is 10.1. The van der Waals surface area contributed by atoms with Crippen LogP contribution in [0.3, 0.4) is 0 Å². The molecule has 2 aromatic carbocycles. The molecule has 0 radical (unpaired) electrons. The highest BCUT2D eigenvalue weighted by Crippen LogP contribution is 2.22. The highest BCUT2D eigenvalue weighted by Gasteiger charge is 2.08. The fraction of sp³-hybridized carbons (Fsp3) is 0.350. The first kappa shape index (κ1) is 19.3. The highest BCUT2D eigenvalue weighted by molar-refractivity contribution is 6.33. The minimum atomic E-state index is -0.00196. The quantitative estimate of drug-likeness (QED) is 0.645. The van der Waals surface area contributed by atoms with Gasteiger partial charge in [-0.25, -0.2) is 0 Å². The van der Waals surface area contributed by atoms with Gasteiger partial charge < -0.3 is 11.1 Å². The van der Waals surface area contributed by atoms with E-state index in [0.717, 1.165) is 32.5 Å². The van der Waals surface area contributed by atoms with Crippen LogP contribution >= 0.6 is 11.6 Å². The van der Waals surface area contributed by atoms with E-state index in [2.05, 4.69) is 41.4 Å². The van der Waals surface area contributed by atoms with Crippen molar-refractivity contribution in [3.05, 3.63) is 59.1 Å². The molecule has 0 spiro atoms. The third kappa shape index (κ3) is 6.77. The Kier molecular flexibility index (Phi) is 7.76. The molecule has 2 rings (SSSR count). The molecule has 0 fully saturated rings. The number of hydrogen-bond donors (Lipinski definition) is 2. The molecule has 0 aliphatic rings. The topological polar surface area (TPSA) is 58.4 Å². The Morgan fingerprint density at radius 2 is 1.92 bits per heavy atom. The minimum absolute atomic E-state index is 0.00196. The number of nitrogens with zero attached hydrogens (tertiary/aromatic N) is 1. The molecule has 4 nitrogen and oxygen atoms in total. The average molecular weight is 360 g/mol. The summed E-state index contributed by atoms with van der Waals surface area (Å²) in [6.07, 6.45) is 2.41. The summed E-state index contributed by atoms with van der Waals surface area (Å²) in [5.41, 5.74) is 8.21. The van der Waals surface area contributed by atoms with E-state index >= 15 is 0 Å². The van der Waals surface area contributed by atoms with Crippen LogP contribution in [-0.4, -0.2) is 23.9 Å². The summed E-state index contributed by atoms with van der Waals surface area (Å²) in [5.74, 6) is -0.00196. The lowest BCUT2D eigenvalue weighted by Crippen LogP contribution is -2.26. The maximum absolute atomic E-state index is 12.1. The summed E-state index contributed by atoms with van der Waals surface area (Å²) >= 11 is 5.89. The standard InChI is InChI=1S/C20H26ClN3O/c1-2-12-24(15-16-7-4-3-5-8-16)13-6-9-20(25)23-17-10-11-18(21)19(22)14-17/h3-5,7-8,10-11,14H,2,6,9,12-13,15,22H2,1H3,(H,23,25). The zero-order valence-corrected chi connectivity index (χ0v) is 15.4. The fourth-order valence-corrected chi connectivity index (χ4v) is 2.85. The van der Waals surface area contributed by atoms with Gasteiger partial charge in [0.15, 0.2) is 0 Å². The first-order valence-electron chi connectivity index (χ1n) is 8.69. The largest absolute Gasteiger partial charge is 0.397 e. The Balaban J connectivity index is 1.78. The predicted molar refractivity (Wildman–Crippen MR) is 106 cm³/mol. The third-order valence-electron chi connectivity index (χ3n) is 3.95. The number of halogens is 1. The molecule has 1 amide bonds. The number of benzene rings is 2. The second-order valence-corrected chi connectivity index (χ2v) is 6.56. The van der Waals surface area contributed by atoms with Gasteiger partial charge in [0.25, 0.3) is 0 Å². The normalized spacial score (nSPS) is 10.8. The summed E-state index contributed by atoms with van der Waals surface area (Å²) in [7, 11) is 0. The number of carbonyl (C=O) groups is 1. The lowest BCUT2D eigenvalue weighted by atomic mass is 10.2. The second-order valence-electron chi connectivity index (χ2n) is 6.15. The first-order chi connectivity index (χ1) is 12.1. The van der Waals surface area contributed by atoms with Crippen LogP contribution in [0.15, 0.2) is 48.5 Å². The smallest absolute Gasteiger partial charge is 0.224 e. The van der Waals surface area contributed by atoms with Crippen molar-refractivity contribution in [2.24, 2.45) is 0 Å². The van der Waals surface area contributed by atoms with Crippen molar-refractivity contribution in [1.29, 1.82) is 0 Å². The van der Waals surface area contributed by atoms with Gasteiger partial charge in [-0.15, -0.1) is 0 Å². The van der Waals surface area contributed by atoms with Crippen molar-refractivity contribution in [3.8, 4) is 0 Å². The molecular formula is C20H26ClN3O. The Labute approximate surface area is 155 Å². The molecule has 0 saturated carbocycles. The Bertz CT molecular complexity index is 676. The van der Waals surface area contributed by atoms with E-state index < -0.39 is 0 Å².